The summed E-state index contributed by atoms with van der Waals surface area (Å²) in [6.07, 6.45) is 5.83. The molecule has 104 valence electrons. The molecule has 0 aliphatic heterocycles. The second-order valence-electron chi connectivity index (χ2n) is 6.38. The Morgan fingerprint density at radius 2 is 1.95 bits per heavy atom. The van der Waals surface area contributed by atoms with Crippen molar-refractivity contribution in [2.75, 3.05) is 19.7 Å². The van der Waals surface area contributed by atoms with Gasteiger partial charge in [-0.15, -0.1) is 0 Å². The van der Waals surface area contributed by atoms with E-state index in [1.54, 1.807) is 0 Å². The van der Waals surface area contributed by atoms with Gasteiger partial charge in [0.2, 0.25) is 0 Å². The number of aliphatic hydroxyl groups is 1. The lowest BCUT2D eigenvalue weighted by Gasteiger charge is -2.29. The number of rotatable bonds is 6. The van der Waals surface area contributed by atoms with Gasteiger partial charge in [-0.25, -0.2) is 0 Å². The van der Waals surface area contributed by atoms with Gasteiger partial charge in [0.25, 0.3) is 0 Å². The van der Waals surface area contributed by atoms with Gasteiger partial charge in [0, 0.05) is 19.6 Å². The fourth-order valence-corrected chi connectivity index (χ4v) is 4.15. The van der Waals surface area contributed by atoms with Gasteiger partial charge < -0.3 is 5.11 Å². The molecule has 2 heteroatoms. The van der Waals surface area contributed by atoms with Gasteiger partial charge in [0.15, 0.2) is 0 Å². The Hall–Kier alpha value is -0.860. The number of hydrogen-bond acceptors (Lipinski definition) is 2. The van der Waals surface area contributed by atoms with Crippen LogP contribution in [0.15, 0.2) is 30.3 Å². The number of benzene rings is 1. The van der Waals surface area contributed by atoms with Gasteiger partial charge in [0.05, 0.1) is 6.61 Å². The van der Waals surface area contributed by atoms with E-state index in [4.69, 9.17) is 0 Å². The third kappa shape index (κ3) is 3.18. The van der Waals surface area contributed by atoms with Gasteiger partial charge in [0.1, 0.15) is 0 Å². The molecule has 1 aromatic carbocycles. The molecule has 0 heterocycles. The molecule has 3 unspecified atom stereocenters. The molecule has 2 saturated carbocycles. The van der Waals surface area contributed by atoms with Gasteiger partial charge in [-0.2, -0.15) is 0 Å². The number of fused-ring (bicyclic) bond motifs is 2. The maximum atomic E-state index is 9.28. The zero-order chi connectivity index (χ0) is 13.1. The molecule has 2 nitrogen and oxygen atoms in total. The molecule has 2 fully saturated rings. The highest BCUT2D eigenvalue weighted by Gasteiger charge is 2.39. The van der Waals surface area contributed by atoms with E-state index in [-0.39, 0.29) is 6.61 Å². The van der Waals surface area contributed by atoms with Crippen LogP contribution in [0, 0.1) is 17.8 Å². The lowest BCUT2D eigenvalue weighted by molar-refractivity contribution is 0.148. The maximum absolute atomic E-state index is 9.28. The van der Waals surface area contributed by atoms with Crippen LogP contribution in [0.1, 0.15) is 31.2 Å². The average molecular weight is 259 g/mol. The van der Waals surface area contributed by atoms with E-state index in [1.165, 1.54) is 37.8 Å². The van der Waals surface area contributed by atoms with Crippen LogP contribution in [-0.2, 0) is 6.54 Å². The minimum atomic E-state index is 0.271. The van der Waals surface area contributed by atoms with Crippen molar-refractivity contribution >= 4 is 0 Å². The molecular weight excluding hydrogens is 234 g/mol. The predicted molar refractivity (Wildman–Crippen MR) is 77.7 cm³/mol. The van der Waals surface area contributed by atoms with Gasteiger partial charge in [-0.3, -0.25) is 4.90 Å². The first kappa shape index (κ1) is 13.1. The van der Waals surface area contributed by atoms with Crippen LogP contribution in [0.5, 0.6) is 0 Å². The molecular formula is C17H25NO. The summed E-state index contributed by atoms with van der Waals surface area (Å²) < 4.78 is 0. The van der Waals surface area contributed by atoms with Crippen LogP contribution in [-0.4, -0.2) is 29.7 Å². The maximum Gasteiger partial charge on any atom is 0.0558 e. The van der Waals surface area contributed by atoms with Gasteiger partial charge >= 0.3 is 0 Å². The summed E-state index contributed by atoms with van der Waals surface area (Å²) in [6.45, 7) is 3.24. The van der Waals surface area contributed by atoms with Crippen molar-refractivity contribution in [1.29, 1.82) is 0 Å². The van der Waals surface area contributed by atoms with E-state index in [9.17, 15) is 5.11 Å². The molecule has 2 bridgehead atoms. The SMILES string of the molecule is OCCN(Cc1ccccc1)CC1CC2CCC1C2. The van der Waals surface area contributed by atoms with Crippen molar-refractivity contribution in [3.63, 3.8) is 0 Å². The molecule has 0 radical (unpaired) electrons. The third-order valence-corrected chi connectivity index (χ3v) is 5.04. The molecule has 2 aliphatic carbocycles. The predicted octanol–water partition coefficient (Wildman–Crippen LogP) is 2.92. The van der Waals surface area contributed by atoms with E-state index in [0.717, 1.165) is 30.8 Å². The number of nitrogens with zero attached hydrogens (tertiary/aromatic N) is 1. The number of hydrogen-bond donors (Lipinski definition) is 1. The largest absolute Gasteiger partial charge is 0.395 e. The summed E-state index contributed by atoms with van der Waals surface area (Å²) in [7, 11) is 0. The summed E-state index contributed by atoms with van der Waals surface area (Å²) >= 11 is 0. The lowest BCUT2D eigenvalue weighted by atomic mass is 9.88. The average Bonchev–Trinajstić information content (AvgIpc) is 3.02. The Labute approximate surface area is 116 Å². The second-order valence-corrected chi connectivity index (χ2v) is 6.38. The third-order valence-electron chi connectivity index (χ3n) is 5.04. The summed E-state index contributed by atoms with van der Waals surface area (Å²) in [5, 5.41) is 9.28. The molecule has 19 heavy (non-hydrogen) atoms. The highest BCUT2D eigenvalue weighted by atomic mass is 16.3. The zero-order valence-corrected chi connectivity index (χ0v) is 11.7. The Balaban J connectivity index is 1.58. The zero-order valence-electron chi connectivity index (χ0n) is 11.7. The molecule has 3 atom stereocenters. The Kier molecular flexibility index (Phi) is 4.19. The molecule has 1 aromatic rings. The van der Waals surface area contributed by atoms with E-state index in [1.807, 2.05) is 0 Å². The van der Waals surface area contributed by atoms with Crippen LogP contribution in [0.3, 0.4) is 0 Å². The topological polar surface area (TPSA) is 23.5 Å². The molecule has 0 spiro atoms. The van der Waals surface area contributed by atoms with Crippen LogP contribution >= 0.6 is 0 Å². The van der Waals surface area contributed by atoms with E-state index >= 15 is 0 Å². The van der Waals surface area contributed by atoms with Crippen molar-refractivity contribution in [3.05, 3.63) is 35.9 Å². The molecule has 1 N–H and O–H groups in total. The summed E-state index contributed by atoms with van der Waals surface area (Å²) in [6, 6.07) is 10.6. The first-order valence-corrected chi connectivity index (χ1v) is 7.72. The van der Waals surface area contributed by atoms with Crippen molar-refractivity contribution in [2.45, 2.75) is 32.2 Å². The van der Waals surface area contributed by atoms with Crippen molar-refractivity contribution in [3.8, 4) is 0 Å². The van der Waals surface area contributed by atoms with Crippen LogP contribution in [0.2, 0.25) is 0 Å². The minimum Gasteiger partial charge on any atom is -0.395 e. The fraction of sp³-hybridized carbons (Fsp3) is 0.647. The van der Waals surface area contributed by atoms with E-state index in [0.29, 0.717) is 0 Å². The highest BCUT2D eigenvalue weighted by Crippen LogP contribution is 2.48. The van der Waals surface area contributed by atoms with Gasteiger partial charge in [-0.05, 0) is 42.6 Å². The Morgan fingerprint density at radius 1 is 1.11 bits per heavy atom. The summed E-state index contributed by atoms with van der Waals surface area (Å²) in [5.41, 5.74) is 1.36. The van der Waals surface area contributed by atoms with Gasteiger partial charge in [-0.1, -0.05) is 36.8 Å². The quantitative estimate of drug-likeness (QED) is 0.849. The lowest BCUT2D eigenvalue weighted by Crippen LogP contribution is -2.33. The smallest absolute Gasteiger partial charge is 0.0558 e. The van der Waals surface area contributed by atoms with Crippen molar-refractivity contribution < 1.29 is 5.11 Å². The Bertz CT molecular complexity index is 392. The normalized spacial score (nSPS) is 29.3. The van der Waals surface area contributed by atoms with E-state index < -0.39 is 0 Å². The monoisotopic (exact) mass is 259 g/mol. The van der Waals surface area contributed by atoms with Crippen molar-refractivity contribution in [2.24, 2.45) is 17.8 Å². The van der Waals surface area contributed by atoms with Crippen LogP contribution in [0.4, 0.5) is 0 Å². The second kappa shape index (κ2) is 6.06. The molecule has 0 amide bonds. The summed E-state index contributed by atoms with van der Waals surface area (Å²) in [5.74, 6) is 2.87. The molecule has 0 aromatic heterocycles. The highest BCUT2D eigenvalue weighted by molar-refractivity contribution is 5.14. The first-order valence-electron chi connectivity index (χ1n) is 7.72. The first-order chi connectivity index (χ1) is 9.35. The molecule has 2 aliphatic rings. The molecule has 0 saturated heterocycles. The van der Waals surface area contributed by atoms with Crippen LogP contribution in [0.25, 0.3) is 0 Å². The molecule has 3 rings (SSSR count). The van der Waals surface area contributed by atoms with Crippen LogP contribution < -0.4 is 0 Å². The standard InChI is InChI=1S/C17H25NO/c19-9-8-18(12-14-4-2-1-3-5-14)13-17-11-15-6-7-16(17)10-15/h1-5,15-17,19H,6-13H2. The summed E-state index contributed by atoms with van der Waals surface area (Å²) in [4.78, 5) is 2.45. The number of aliphatic hydroxyl groups excluding tert-OH is 1. The van der Waals surface area contributed by atoms with E-state index in [2.05, 4.69) is 35.2 Å². The van der Waals surface area contributed by atoms with Crippen molar-refractivity contribution in [1.82, 2.24) is 4.90 Å². The Morgan fingerprint density at radius 3 is 2.58 bits per heavy atom. The fourth-order valence-electron chi connectivity index (χ4n) is 4.15. The minimum absolute atomic E-state index is 0.271.